The average molecular weight is 339 g/mol. The first-order valence-electron chi connectivity index (χ1n) is 6.98. The lowest BCUT2D eigenvalue weighted by Gasteiger charge is -2.11. The lowest BCUT2D eigenvalue weighted by molar-refractivity contribution is 0.298. The Labute approximate surface area is 135 Å². The number of benzene rings is 2. The molecular weight excluding hydrogens is 321 g/mol. The molecule has 1 N–H and O–H groups in total. The molecule has 0 aromatic heterocycles. The number of nitrogens with one attached hydrogen (secondary N) is 1. The highest BCUT2D eigenvalue weighted by atomic mass is 32.2. The molecule has 124 valence electrons. The second kappa shape index (κ2) is 7.94. The summed E-state index contributed by atoms with van der Waals surface area (Å²) in [4.78, 5) is 0. The highest BCUT2D eigenvalue weighted by Crippen LogP contribution is 2.25. The fourth-order valence-electron chi connectivity index (χ4n) is 1.95. The largest absolute Gasteiger partial charge is 0.493 e. The smallest absolute Gasteiger partial charge is 0.215 e. The number of methoxy groups -OCH3 is 1. The van der Waals surface area contributed by atoms with E-state index in [1.165, 1.54) is 31.4 Å². The van der Waals surface area contributed by atoms with Crippen LogP contribution in [0.5, 0.6) is 11.5 Å². The van der Waals surface area contributed by atoms with Crippen molar-refractivity contribution < 1.29 is 22.3 Å². The minimum Gasteiger partial charge on any atom is -0.493 e. The highest BCUT2D eigenvalue weighted by molar-refractivity contribution is 7.88. The molecule has 0 radical (unpaired) electrons. The maximum Gasteiger partial charge on any atom is 0.215 e. The molecule has 2 aromatic rings. The van der Waals surface area contributed by atoms with Gasteiger partial charge in [-0.2, -0.15) is 0 Å². The molecule has 0 aliphatic heterocycles. The van der Waals surface area contributed by atoms with Gasteiger partial charge in [0.25, 0.3) is 0 Å². The van der Waals surface area contributed by atoms with Crippen LogP contribution < -0.4 is 14.2 Å². The molecule has 0 saturated carbocycles. The van der Waals surface area contributed by atoms with Gasteiger partial charge in [0.2, 0.25) is 10.0 Å². The molecule has 2 aromatic carbocycles. The quantitative estimate of drug-likeness (QED) is 0.750. The number of sulfonamides is 1. The van der Waals surface area contributed by atoms with Crippen molar-refractivity contribution in [2.24, 2.45) is 0 Å². The van der Waals surface area contributed by atoms with Crippen LogP contribution in [0.3, 0.4) is 0 Å². The van der Waals surface area contributed by atoms with Gasteiger partial charge in [0.05, 0.1) is 12.9 Å². The van der Waals surface area contributed by atoms with Gasteiger partial charge in [-0.1, -0.05) is 24.3 Å². The van der Waals surface area contributed by atoms with Gasteiger partial charge in [-0.15, -0.1) is 0 Å². The average Bonchev–Trinajstić information content (AvgIpc) is 2.54. The first-order chi connectivity index (χ1) is 11.0. The van der Waals surface area contributed by atoms with E-state index in [0.717, 1.165) is 0 Å². The number of ether oxygens (including phenoxy) is 2. The lowest BCUT2D eigenvalue weighted by atomic mass is 10.2. The SMILES string of the molecule is COc1ccccc1OCCNS(=O)(=O)Cc1ccc(F)cc1. The molecule has 0 amide bonds. The molecule has 7 heteroatoms. The van der Waals surface area contributed by atoms with Crippen molar-refractivity contribution >= 4 is 10.0 Å². The molecule has 0 saturated heterocycles. The Balaban J connectivity index is 1.82. The Morgan fingerprint density at radius 3 is 2.35 bits per heavy atom. The van der Waals surface area contributed by atoms with Crippen LogP contribution in [0.4, 0.5) is 4.39 Å². The Morgan fingerprint density at radius 1 is 1.04 bits per heavy atom. The zero-order valence-electron chi connectivity index (χ0n) is 12.7. The van der Waals surface area contributed by atoms with Crippen LogP contribution >= 0.6 is 0 Å². The summed E-state index contributed by atoms with van der Waals surface area (Å²) in [7, 11) is -1.97. The second-order valence-corrected chi connectivity index (χ2v) is 6.59. The molecule has 0 atom stereocenters. The number of hydrogen-bond acceptors (Lipinski definition) is 4. The van der Waals surface area contributed by atoms with E-state index in [1.807, 2.05) is 6.07 Å². The lowest BCUT2D eigenvalue weighted by Crippen LogP contribution is -2.29. The van der Waals surface area contributed by atoms with Crippen LogP contribution in [-0.2, 0) is 15.8 Å². The Bertz CT molecular complexity index is 732. The predicted octanol–water partition coefficient (Wildman–Crippen LogP) is 2.33. The highest BCUT2D eigenvalue weighted by Gasteiger charge is 2.11. The summed E-state index contributed by atoms with van der Waals surface area (Å²) in [6.45, 7) is 0.296. The minimum atomic E-state index is -3.50. The van der Waals surface area contributed by atoms with E-state index in [4.69, 9.17) is 9.47 Å². The van der Waals surface area contributed by atoms with Gasteiger partial charge in [-0.25, -0.2) is 17.5 Å². The van der Waals surface area contributed by atoms with Gasteiger partial charge in [-0.05, 0) is 29.8 Å². The third-order valence-electron chi connectivity index (χ3n) is 3.02. The standard InChI is InChI=1S/C16H18FNO4S/c1-21-15-4-2-3-5-16(15)22-11-10-18-23(19,20)12-13-6-8-14(17)9-7-13/h2-9,18H,10-12H2,1H3. The van der Waals surface area contributed by atoms with Gasteiger partial charge in [0.15, 0.2) is 11.5 Å². The van der Waals surface area contributed by atoms with E-state index in [1.54, 1.807) is 18.2 Å². The number of para-hydroxylation sites is 2. The predicted molar refractivity (Wildman–Crippen MR) is 85.5 cm³/mol. The summed E-state index contributed by atoms with van der Waals surface area (Å²) < 4.78 is 49.7. The second-order valence-electron chi connectivity index (χ2n) is 4.78. The van der Waals surface area contributed by atoms with Crippen LogP contribution in [0.2, 0.25) is 0 Å². The van der Waals surface area contributed by atoms with E-state index in [2.05, 4.69) is 4.72 Å². The molecule has 0 unspecified atom stereocenters. The van der Waals surface area contributed by atoms with Crippen molar-refractivity contribution in [3.63, 3.8) is 0 Å². The first kappa shape index (κ1) is 17.2. The van der Waals surface area contributed by atoms with Gasteiger partial charge < -0.3 is 9.47 Å². The molecule has 0 spiro atoms. The summed E-state index contributed by atoms with van der Waals surface area (Å²) in [6.07, 6.45) is 0. The van der Waals surface area contributed by atoms with Crippen molar-refractivity contribution in [1.29, 1.82) is 0 Å². The van der Waals surface area contributed by atoms with Crippen LogP contribution in [0, 0.1) is 5.82 Å². The van der Waals surface area contributed by atoms with Gasteiger partial charge in [0.1, 0.15) is 12.4 Å². The third-order valence-corrected chi connectivity index (χ3v) is 4.38. The number of halogens is 1. The van der Waals surface area contributed by atoms with Crippen molar-refractivity contribution in [1.82, 2.24) is 4.72 Å². The molecule has 5 nitrogen and oxygen atoms in total. The monoisotopic (exact) mass is 339 g/mol. The van der Waals surface area contributed by atoms with Crippen LogP contribution in [0.1, 0.15) is 5.56 Å². The van der Waals surface area contributed by atoms with Crippen molar-refractivity contribution in [2.45, 2.75) is 5.75 Å². The van der Waals surface area contributed by atoms with Gasteiger partial charge in [0, 0.05) is 6.54 Å². The number of rotatable bonds is 8. The van der Waals surface area contributed by atoms with E-state index in [0.29, 0.717) is 17.1 Å². The molecule has 0 bridgehead atoms. The molecule has 0 aliphatic carbocycles. The zero-order chi connectivity index (χ0) is 16.7. The number of hydrogen-bond donors (Lipinski definition) is 1. The Hall–Kier alpha value is -2.12. The van der Waals surface area contributed by atoms with Gasteiger partial charge >= 0.3 is 0 Å². The fourth-order valence-corrected chi connectivity index (χ4v) is 3.07. The molecule has 0 fully saturated rings. The van der Waals surface area contributed by atoms with E-state index < -0.39 is 15.8 Å². The van der Waals surface area contributed by atoms with Crippen molar-refractivity contribution in [3.05, 3.63) is 59.9 Å². The van der Waals surface area contributed by atoms with Crippen LogP contribution in [0.25, 0.3) is 0 Å². The van der Waals surface area contributed by atoms with E-state index >= 15 is 0 Å². The fraction of sp³-hybridized carbons (Fsp3) is 0.250. The van der Waals surface area contributed by atoms with E-state index in [-0.39, 0.29) is 18.9 Å². The third kappa shape index (κ3) is 5.54. The molecule has 2 rings (SSSR count). The van der Waals surface area contributed by atoms with E-state index in [9.17, 15) is 12.8 Å². The minimum absolute atomic E-state index is 0.127. The first-order valence-corrected chi connectivity index (χ1v) is 8.63. The van der Waals surface area contributed by atoms with Crippen LogP contribution in [-0.4, -0.2) is 28.7 Å². The Kier molecular flexibility index (Phi) is 5.95. The normalized spacial score (nSPS) is 11.2. The maximum atomic E-state index is 12.8. The Morgan fingerprint density at radius 2 is 1.70 bits per heavy atom. The molecular formula is C16H18FNO4S. The maximum absolute atomic E-state index is 12.8. The zero-order valence-corrected chi connectivity index (χ0v) is 13.5. The summed E-state index contributed by atoms with van der Waals surface area (Å²) >= 11 is 0. The summed E-state index contributed by atoms with van der Waals surface area (Å²) in [6, 6.07) is 12.5. The topological polar surface area (TPSA) is 64.6 Å². The molecule has 0 heterocycles. The van der Waals surface area contributed by atoms with Gasteiger partial charge in [-0.3, -0.25) is 0 Å². The van der Waals surface area contributed by atoms with Crippen molar-refractivity contribution in [2.75, 3.05) is 20.3 Å². The van der Waals surface area contributed by atoms with Crippen LogP contribution in [0.15, 0.2) is 48.5 Å². The summed E-state index contributed by atoms with van der Waals surface area (Å²) in [5.41, 5.74) is 0.518. The summed E-state index contributed by atoms with van der Waals surface area (Å²) in [5.74, 6) is 0.529. The van der Waals surface area contributed by atoms with Crippen molar-refractivity contribution in [3.8, 4) is 11.5 Å². The molecule has 23 heavy (non-hydrogen) atoms. The molecule has 0 aliphatic rings. The summed E-state index contributed by atoms with van der Waals surface area (Å²) in [5, 5.41) is 0.